The van der Waals surface area contributed by atoms with Gasteiger partial charge in [-0.05, 0) is 35.9 Å². The largest absolute Gasteiger partial charge is 0.351 e. The van der Waals surface area contributed by atoms with Gasteiger partial charge in [0, 0.05) is 21.9 Å². The van der Waals surface area contributed by atoms with Crippen LogP contribution in [0.1, 0.15) is 5.56 Å². The summed E-state index contributed by atoms with van der Waals surface area (Å²) in [7, 11) is 0. The minimum absolute atomic E-state index is 0.116. The van der Waals surface area contributed by atoms with E-state index in [1.807, 2.05) is 18.2 Å². The molecule has 0 aliphatic heterocycles. The number of rotatable bonds is 5. The Kier molecular flexibility index (Phi) is 5.09. The zero-order chi connectivity index (χ0) is 18.8. The first-order chi connectivity index (χ1) is 13.1. The molecule has 2 heterocycles. The van der Waals surface area contributed by atoms with E-state index in [-0.39, 0.29) is 17.5 Å². The molecule has 0 unspecified atom stereocenters. The molecule has 0 saturated heterocycles. The van der Waals surface area contributed by atoms with Crippen molar-refractivity contribution in [3.8, 4) is 0 Å². The van der Waals surface area contributed by atoms with E-state index >= 15 is 0 Å². The van der Waals surface area contributed by atoms with Crippen LogP contribution in [0.25, 0.3) is 21.9 Å². The van der Waals surface area contributed by atoms with Crippen LogP contribution < -0.4 is 5.32 Å². The number of fused-ring (bicyclic) bond motifs is 3. The Morgan fingerprint density at radius 1 is 1.19 bits per heavy atom. The van der Waals surface area contributed by atoms with Crippen molar-refractivity contribution in [2.75, 3.05) is 5.75 Å². The third-order valence-corrected chi connectivity index (χ3v) is 5.53. The monoisotopic (exact) mass is 444 g/mol. The first kappa shape index (κ1) is 17.9. The number of halogens is 2. The van der Waals surface area contributed by atoms with Gasteiger partial charge in [0.15, 0.2) is 0 Å². The van der Waals surface area contributed by atoms with Gasteiger partial charge in [-0.25, -0.2) is 14.4 Å². The van der Waals surface area contributed by atoms with Crippen LogP contribution in [0.3, 0.4) is 0 Å². The van der Waals surface area contributed by atoms with E-state index < -0.39 is 0 Å². The molecule has 0 radical (unpaired) electrons. The van der Waals surface area contributed by atoms with Gasteiger partial charge in [-0.3, -0.25) is 4.79 Å². The van der Waals surface area contributed by atoms with Gasteiger partial charge in [-0.15, -0.1) is 0 Å². The van der Waals surface area contributed by atoms with Gasteiger partial charge in [-0.2, -0.15) is 0 Å². The molecule has 1 amide bonds. The van der Waals surface area contributed by atoms with E-state index in [1.54, 1.807) is 12.1 Å². The molecule has 2 aromatic carbocycles. The summed E-state index contributed by atoms with van der Waals surface area (Å²) in [5.74, 6) is -0.180. The van der Waals surface area contributed by atoms with Gasteiger partial charge in [0.25, 0.3) is 0 Å². The zero-order valence-electron chi connectivity index (χ0n) is 14.0. The fourth-order valence-electron chi connectivity index (χ4n) is 2.74. The fraction of sp³-hybridized carbons (Fsp3) is 0.105. The van der Waals surface area contributed by atoms with Gasteiger partial charge < -0.3 is 10.3 Å². The summed E-state index contributed by atoms with van der Waals surface area (Å²) >= 11 is 4.82. The molecule has 0 aliphatic rings. The van der Waals surface area contributed by atoms with Crippen molar-refractivity contribution in [3.63, 3.8) is 0 Å². The Balaban J connectivity index is 1.46. The Bertz CT molecular complexity index is 1130. The second kappa shape index (κ2) is 7.66. The molecule has 27 heavy (non-hydrogen) atoms. The fourth-order valence-corrected chi connectivity index (χ4v) is 3.88. The molecule has 2 aromatic heterocycles. The minimum atomic E-state index is -0.293. The van der Waals surface area contributed by atoms with Crippen molar-refractivity contribution in [3.05, 3.63) is 64.6 Å². The van der Waals surface area contributed by atoms with Crippen LogP contribution in [0.5, 0.6) is 0 Å². The average Bonchev–Trinajstić information content (AvgIpc) is 3.04. The van der Waals surface area contributed by atoms with Crippen LogP contribution in [0.2, 0.25) is 0 Å². The van der Waals surface area contributed by atoms with Gasteiger partial charge in [0.2, 0.25) is 5.91 Å². The molecule has 0 fully saturated rings. The van der Waals surface area contributed by atoms with Crippen LogP contribution in [-0.2, 0) is 11.3 Å². The highest BCUT2D eigenvalue weighted by molar-refractivity contribution is 9.10. The highest BCUT2D eigenvalue weighted by Gasteiger charge is 2.13. The van der Waals surface area contributed by atoms with Crippen LogP contribution >= 0.6 is 27.7 Å². The molecular weight excluding hydrogens is 431 g/mol. The van der Waals surface area contributed by atoms with Crippen LogP contribution in [-0.4, -0.2) is 26.6 Å². The lowest BCUT2D eigenvalue weighted by molar-refractivity contribution is -0.118. The number of thioether (sulfide) groups is 1. The number of H-pyrrole nitrogens is 1. The molecule has 0 atom stereocenters. The summed E-state index contributed by atoms with van der Waals surface area (Å²) in [5, 5.41) is 4.56. The standard InChI is InChI=1S/C19H14BrFN4OS/c20-12-3-6-15-14(7-12)17-18(25-15)19(24-10-23-17)27-9-16(26)22-8-11-1-4-13(21)5-2-11/h1-7,10,25H,8-9H2,(H,22,26). The lowest BCUT2D eigenvalue weighted by atomic mass is 10.2. The van der Waals surface area contributed by atoms with Gasteiger partial charge in [0.1, 0.15) is 22.7 Å². The lowest BCUT2D eigenvalue weighted by Gasteiger charge is -2.05. The van der Waals surface area contributed by atoms with E-state index in [0.29, 0.717) is 6.54 Å². The number of benzene rings is 2. The van der Waals surface area contributed by atoms with E-state index in [0.717, 1.165) is 37.0 Å². The van der Waals surface area contributed by atoms with Crippen molar-refractivity contribution in [1.82, 2.24) is 20.3 Å². The van der Waals surface area contributed by atoms with Crippen LogP contribution in [0.15, 0.2) is 58.3 Å². The predicted octanol–water partition coefficient (Wildman–Crippen LogP) is 4.42. The first-order valence-corrected chi connectivity index (χ1v) is 9.94. The third-order valence-electron chi connectivity index (χ3n) is 4.05. The van der Waals surface area contributed by atoms with E-state index in [1.165, 1.54) is 30.2 Å². The van der Waals surface area contributed by atoms with E-state index in [9.17, 15) is 9.18 Å². The molecular formula is C19H14BrFN4OS. The minimum Gasteiger partial charge on any atom is -0.351 e. The van der Waals surface area contributed by atoms with Gasteiger partial charge in [-0.1, -0.05) is 39.8 Å². The Labute approximate surface area is 166 Å². The number of hydrogen-bond donors (Lipinski definition) is 2. The summed E-state index contributed by atoms with van der Waals surface area (Å²) in [6.07, 6.45) is 1.51. The lowest BCUT2D eigenvalue weighted by Crippen LogP contribution is -2.24. The van der Waals surface area contributed by atoms with Gasteiger partial charge >= 0.3 is 0 Å². The number of carbonyl (C=O) groups is 1. The maximum absolute atomic E-state index is 12.9. The van der Waals surface area contributed by atoms with Crippen molar-refractivity contribution in [2.24, 2.45) is 0 Å². The van der Waals surface area contributed by atoms with E-state index in [2.05, 4.69) is 36.2 Å². The Morgan fingerprint density at radius 3 is 2.81 bits per heavy atom. The molecule has 2 N–H and O–H groups in total. The molecule has 4 aromatic rings. The molecule has 0 spiro atoms. The third kappa shape index (κ3) is 3.96. The molecule has 5 nitrogen and oxygen atoms in total. The number of nitrogens with zero attached hydrogens (tertiary/aromatic N) is 2. The number of hydrogen-bond acceptors (Lipinski definition) is 4. The molecule has 8 heteroatoms. The summed E-state index contributed by atoms with van der Waals surface area (Å²) in [4.78, 5) is 24.2. The number of aromatic amines is 1. The smallest absolute Gasteiger partial charge is 0.230 e. The van der Waals surface area contributed by atoms with Crippen molar-refractivity contribution in [1.29, 1.82) is 0 Å². The second-order valence-corrected chi connectivity index (χ2v) is 7.79. The van der Waals surface area contributed by atoms with Crippen LogP contribution in [0.4, 0.5) is 4.39 Å². The zero-order valence-corrected chi connectivity index (χ0v) is 16.4. The van der Waals surface area contributed by atoms with Crippen molar-refractivity contribution >= 4 is 55.5 Å². The topological polar surface area (TPSA) is 70.7 Å². The Hall–Kier alpha value is -2.45. The van der Waals surface area contributed by atoms with Crippen molar-refractivity contribution in [2.45, 2.75) is 11.6 Å². The molecule has 0 bridgehead atoms. The maximum atomic E-state index is 12.9. The first-order valence-electron chi connectivity index (χ1n) is 8.16. The number of nitrogens with one attached hydrogen (secondary N) is 2. The van der Waals surface area contributed by atoms with Gasteiger partial charge in [0.05, 0.1) is 11.3 Å². The molecule has 4 rings (SSSR count). The summed E-state index contributed by atoms with van der Waals surface area (Å²) in [6.45, 7) is 0.360. The Morgan fingerprint density at radius 2 is 2.00 bits per heavy atom. The quantitative estimate of drug-likeness (QED) is 0.353. The van der Waals surface area contributed by atoms with E-state index in [4.69, 9.17) is 0 Å². The van der Waals surface area contributed by atoms with Crippen LogP contribution in [0, 0.1) is 5.82 Å². The normalized spacial score (nSPS) is 11.2. The highest BCUT2D eigenvalue weighted by Crippen LogP contribution is 2.31. The maximum Gasteiger partial charge on any atom is 0.230 e. The molecule has 0 saturated carbocycles. The molecule has 136 valence electrons. The average molecular weight is 445 g/mol. The predicted molar refractivity (Wildman–Crippen MR) is 108 cm³/mol. The summed E-state index contributed by atoms with van der Waals surface area (Å²) in [5.41, 5.74) is 3.47. The number of carbonyl (C=O) groups excluding carboxylic acids is 1. The second-order valence-electron chi connectivity index (χ2n) is 5.91. The van der Waals surface area contributed by atoms with Crippen molar-refractivity contribution < 1.29 is 9.18 Å². The SMILES string of the molecule is O=C(CSc1ncnc2c1[nH]c1ccc(Br)cc12)NCc1ccc(F)cc1. The summed E-state index contributed by atoms with van der Waals surface area (Å²) < 4.78 is 13.9. The number of amides is 1. The molecule has 0 aliphatic carbocycles. The highest BCUT2D eigenvalue weighted by atomic mass is 79.9. The number of aromatic nitrogens is 3. The summed E-state index contributed by atoms with van der Waals surface area (Å²) in [6, 6.07) is 12.0.